The summed E-state index contributed by atoms with van der Waals surface area (Å²) in [5.74, 6) is 0. The number of pyridine rings is 2. The molecule has 0 aliphatic heterocycles. The van der Waals surface area contributed by atoms with E-state index >= 15 is 0 Å². The molecule has 0 aliphatic rings. The quantitative estimate of drug-likeness (QED) is 0.391. The molecule has 0 atom stereocenters. The van der Waals surface area contributed by atoms with Crippen molar-refractivity contribution in [3.63, 3.8) is 0 Å². The molecule has 2 rings (SSSR count). The summed E-state index contributed by atoms with van der Waals surface area (Å²) in [6.07, 6.45) is 2.99. The van der Waals surface area contributed by atoms with Crippen LogP contribution in [0.3, 0.4) is 0 Å². The Hall–Kier alpha value is -1.40. The summed E-state index contributed by atoms with van der Waals surface area (Å²) in [6, 6.07) is 10.5. The minimum absolute atomic E-state index is 0.580. The van der Waals surface area contributed by atoms with Gasteiger partial charge in [0, 0.05) is 50.6 Å². The number of hydrogen-bond donors (Lipinski definition) is 1. The average molecular weight is 253 g/mol. The Morgan fingerprint density at radius 3 is 2.25 bits per heavy atom. The van der Waals surface area contributed by atoms with Gasteiger partial charge in [-0.1, -0.05) is 0 Å². The van der Waals surface area contributed by atoms with Crippen LogP contribution in [0.5, 0.6) is 0 Å². The fourth-order valence-corrected chi connectivity index (χ4v) is 3.05. The third kappa shape index (κ3) is 2.59. The molecule has 0 aromatic carbocycles. The van der Waals surface area contributed by atoms with Gasteiger partial charge in [-0.05, 0) is 12.1 Å². The van der Waals surface area contributed by atoms with Crippen LogP contribution in [0.2, 0.25) is 0 Å². The predicted octanol–water partition coefficient (Wildman–Crippen LogP) is 1.64. The van der Waals surface area contributed by atoms with Crippen LogP contribution in [-0.4, -0.2) is 5.21 Å². The highest BCUT2D eigenvalue weighted by Gasteiger charge is 2.13. The van der Waals surface area contributed by atoms with Gasteiger partial charge in [0.15, 0.2) is 6.20 Å². The predicted molar refractivity (Wildman–Crippen MR) is 60.9 cm³/mol. The van der Waals surface area contributed by atoms with Crippen molar-refractivity contribution in [2.45, 2.75) is 10.1 Å². The lowest BCUT2D eigenvalue weighted by atomic mass is 10.5. The third-order valence-corrected chi connectivity index (χ3v) is 4.14. The lowest BCUT2D eigenvalue weighted by molar-refractivity contribution is -0.932. The summed E-state index contributed by atoms with van der Waals surface area (Å²) in [5, 5.41) is 22.0. The Morgan fingerprint density at radius 1 is 0.938 bits per heavy atom. The van der Waals surface area contributed by atoms with Gasteiger partial charge in [0.2, 0.25) is 6.20 Å². The van der Waals surface area contributed by atoms with Gasteiger partial charge >= 0.3 is 5.03 Å². The normalized spacial score (nSPS) is 10.2. The second-order valence-electron chi connectivity index (χ2n) is 2.91. The first-order valence-electron chi connectivity index (χ1n) is 4.50. The van der Waals surface area contributed by atoms with Crippen molar-refractivity contribution in [1.29, 1.82) is 0 Å². The van der Waals surface area contributed by atoms with E-state index in [1.54, 1.807) is 36.5 Å². The highest BCUT2D eigenvalue weighted by Crippen LogP contribution is 2.33. The Bertz CT molecular complexity index is 448. The van der Waals surface area contributed by atoms with E-state index in [4.69, 9.17) is 0 Å². The first-order valence-corrected chi connectivity index (χ1v) is 6.65. The number of nitrogens with zero attached hydrogens (tertiary/aromatic N) is 2. The average Bonchev–Trinajstić information content (AvgIpc) is 2.30. The lowest BCUT2D eigenvalue weighted by Gasteiger charge is -2.00. The fraction of sp³-hybridized carbons (Fsp3) is 0. The summed E-state index contributed by atoms with van der Waals surface area (Å²) in [5.41, 5.74) is 0. The number of rotatable bonds is 3. The molecule has 6 heteroatoms. The largest absolute Gasteiger partial charge is 0.618 e. The summed E-state index contributed by atoms with van der Waals surface area (Å²) in [6.45, 7) is 0. The molecule has 0 bridgehead atoms. The molecule has 0 spiro atoms. The number of aromatic nitrogens is 2. The minimum Gasteiger partial charge on any atom is -0.618 e. The minimum atomic E-state index is 0.580. The van der Waals surface area contributed by atoms with E-state index < -0.39 is 0 Å². The van der Waals surface area contributed by atoms with Crippen LogP contribution in [0.1, 0.15) is 0 Å². The van der Waals surface area contributed by atoms with E-state index in [2.05, 4.69) is 0 Å². The van der Waals surface area contributed by atoms with Gasteiger partial charge in [0.1, 0.15) is 0 Å². The smallest absolute Gasteiger partial charge is 0.301 e. The maximum absolute atomic E-state index is 11.3. The van der Waals surface area contributed by atoms with Gasteiger partial charge < -0.3 is 5.21 Å². The lowest BCUT2D eigenvalue weighted by Crippen LogP contribution is -2.31. The van der Waals surface area contributed by atoms with Crippen molar-refractivity contribution in [1.82, 2.24) is 0 Å². The molecule has 0 saturated heterocycles. The molecular weight excluding hydrogens is 244 g/mol. The summed E-state index contributed by atoms with van der Waals surface area (Å²) in [7, 11) is 2.62. The highest BCUT2D eigenvalue weighted by atomic mass is 33.1. The standard InChI is InChI=1S/C10H9N2O2S2/c13-11-7-3-1-5-9(11)15-16-10-6-2-4-8-12(10)14/h1-8,13H/q+1. The highest BCUT2D eigenvalue weighted by molar-refractivity contribution is 8.76. The Balaban J connectivity index is 2.09. The molecule has 2 aromatic rings. The molecule has 0 unspecified atom stereocenters. The second kappa shape index (κ2) is 5.09. The van der Waals surface area contributed by atoms with E-state index in [9.17, 15) is 10.4 Å². The van der Waals surface area contributed by atoms with Crippen LogP contribution in [0, 0.1) is 5.21 Å². The van der Waals surface area contributed by atoms with Crippen molar-refractivity contribution >= 4 is 21.6 Å². The maximum Gasteiger partial charge on any atom is 0.301 e. The molecule has 0 fully saturated rings. The molecule has 0 aliphatic carbocycles. The zero-order valence-electron chi connectivity index (χ0n) is 8.19. The van der Waals surface area contributed by atoms with Crippen molar-refractivity contribution in [3.05, 3.63) is 54.0 Å². The van der Waals surface area contributed by atoms with Gasteiger partial charge in [0.25, 0.3) is 5.03 Å². The summed E-state index contributed by atoms with van der Waals surface area (Å²) in [4.78, 5) is 0. The van der Waals surface area contributed by atoms with Crippen LogP contribution in [0.4, 0.5) is 0 Å². The van der Waals surface area contributed by atoms with E-state index in [-0.39, 0.29) is 0 Å². The van der Waals surface area contributed by atoms with Crippen molar-refractivity contribution < 1.29 is 14.7 Å². The fourth-order valence-electron chi connectivity index (χ4n) is 1.05. The zero-order chi connectivity index (χ0) is 11.4. The van der Waals surface area contributed by atoms with Crippen LogP contribution in [-0.2, 0) is 0 Å². The van der Waals surface area contributed by atoms with Crippen LogP contribution in [0.25, 0.3) is 0 Å². The molecule has 1 N–H and O–H groups in total. The molecule has 4 nitrogen and oxygen atoms in total. The van der Waals surface area contributed by atoms with Crippen LogP contribution in [0.15, 0.2) is 58.8 Å². The molecule has 16 heavy (non-hydrogen) atoms. The molecule has 0 amide bonds. The Morgan fingerprint density at radius 2 is 1.56 bits per heavy atom. The Labute approximate surface area is 100 Å². The maximum atomic E-state index is 11.3. The van der Waals surface area contributed by atoms with Gasteiger partial charge in [-0.25, -0.2) is 0 Å². The van der Waals surface area contributed by atoms with E-state index in [1.165, 1.54) is 27.8 Å². The molecule has 0 saturated carbocycles. The van der Waals surface area contributed by atoms with Crippen molar-refractivity contribution in [2.24, 2.45) is 0 Å². The van der Waals surface area contributed by atoms with Crippen LogP contribution >= 0.6 is 21.6 Å². The molecule has 2 aromatic heterocycles. The monoisotopic (exact) mass is 253 g/mol. The zero-order valence-corrected chi connectivity index (χ0v) is 9.82. The van der Waals surface area contributed by atoms with Gasteiger partial charge in [-0.2, -0.15) is 4.73 Å². The van der Waals surface area contributed by atoms with Crippen molar-refractivity contribution in [3.8, 4) is 0 Å². The number of hydrogen-bond acceptors (Lipinski definition) is 4. The van der Waals surface area contributed by atoms with Gasteiger partial charge in [-0.15, -0.1) is 0 Å². The van der Waals surface area contributed by atoms with Gasteiger partial charge in [-0.3, -0.25) is 5.21 Å². The topological polar surface area (TPSA) is 51.0 Å². The molecule has 2 heterocycles. The molecule has 82 valence electrons. The van der Waals surface area contributed by atoms with Gasteiger partial charge in [0.05, 0.1) is 0 Å². The van der Waals surface area contributed by atoms with E-state index in [0.717, 1.165) is 9.46 Å². The second-order valence-corrected chi connectivity index (χ2v) is 5.08. The summed E-state index contributed by atoms with van der Waals surface area (Å²) < 4.78 is 1.82. The first-order chi connectivity index (χ1) is 7.77. The SMILES string of the molecule is [O-][n+]1ccccc1SSc1cccc[n+]1O. The molecule has 0 radical (unpaired) electrons. The Kier molecular flexibility index (Phi) is 3.53. The molecular formula is C10H9N2O2S2+. The third-order valence-electron chi connectivity index (χ3n) is 1.80. The van der Waals surface area contributed by atoms with E-state index in [0.29, 0.717) is 10.1 Å². The first kappa shape index (κ1) is 11.1. The van der Waals surface area contributed by atoms with Crippen molar-refractivity contribution in [2.75, 3.05) is 0 Å². The van der Waals surface area contributed by atoms with E-state index in [1.807, 2.05) is 6.07 Å². The summed E-state index contributed by atoms with van der Waals surface area (Å²) >= 11 is 0. The van der Waals surface area contributed by atoms with Crippen LogP contribution < -0.4 is 9.46 Å².